The van der Waals surface area contributed by atoms with Crippen molar-refractivity contribution in [1.29, 1.82) is 0 Å². The third kappa shape index (κ3) is 3.55. The lowest BCUT2D eigenvalue weighted by Gasteiger charge is -2.10. The van der Waals surface area contributed by atoms with E-state index in [-0.39, 0.29) is 11.9 Å². The maximum Gasteiger partial charge on any atom is 0.270 e. The molecule has 19 heavy (non-hydrogen) atoms. The lowest BCUT2D eigenvalue weighted by molar-refractivity contribution is 0.0946. The maximum atomic E-state index is 11.9. The molecule has 2 N–H and O–H groups in total. The number of carbonyl (C=O) groups is 1. The van der Waals surface area contributed by atoms with Crippen molar-refractivity contribution in [2.45, 2.75) is 13.0 Å². The molecule has 0 aromatic carbocycles. The number of hydrogen-bond donors (Lipinski definition) is 2. The Labute approximate surface area is 115 Å². The second-order valence-corrected chi connectivity index (χ2v) is 4.89. The SMILES string of the molecule is CNC(C)CNC(=O)c1csc(-c2cnccn2)n1. The fourth-order valence-corrected chi connectivity index (χ4v) is 2.10. The molecule has 1 atom stereocenters. The number of aromatic nitrogens is 3. The molecule has 1 amide bonds. The van der Waals surface area contributed by atoms with Gasteiger partial charge in [0.25, 0.3) is 5.91 Å². The molecule has 0 aliphatic rings. The molecule has 2 heterocycles. The van der Waals surface area contributed by atoms with E-state index in [0.29, 0.717) is 22.9 Å². The van der Waals surface area contributed by atoms with Crippen LogP contribution in [0.4, 0.5) is 0 Å². The van der Waals surface area contributed by atoms with Crippen LogP contribution >= 0.6 is 11.3 Å². The van der Waals surface area contributed by atoms with E-state index in [1.165, 1.54) is 11.3 Å². The van der Waals surface area contributed by atoms with Crippen LogP contribution in [-0.2, 0) is 0 Å². The molecule has 0 bridgehead atoms. The molecule has 0 radical (unpaired) electrons. The summed E-state index contributed by atoms with van der Waals surface area (Å²) in [7, 11) is 1.85. The first kappa shape index (κ1) is 13.6. The largest absolute Gasteiger partial charge is 0.349 e. The molecule has 2 aromatic rings. The molecule has 0 aliphatic carbocycles. The summed E-state index contributed by atoms with van der Waals surface area (Å²) >= 11 is 1.38. The first-order chi connectivity index (χ1) is 9.20. The third-order valence-corrected chi connectivity index (χ3v) is 3.45. The number of carbonyl (C=O) groups excluding carboxylic acids is 1. The number of rotatable bonds is 5. The minimum atomic E-state index is -0.173. The Morgan fingerprint density at radius 1 is 1.47 bits per heavy atom. The van der Waals surface area contributed by atoms with E-state index < -0.39 is 0 Å². The maximum absolute atomic E-state index is 11.9. The van der Waals surface area contributed by atoms with Gasteiger partial charge in [-0.25, -0.2) is 4.98 Å². The molecule has 2 aromatic heterocycles. The average molecular weight is 277 g/mol. The Bertz CT molecular complexity index is 542. The Morgan fingerprint density at radius 3 is 3.00 bits per heavy atom. The van der Waals surface area contributed by atoms with Gasteiger partial charge in [0, 0.05) is 30.4 Å². The second kappa shape index (κ2) is 6.35. The number of amides is 1. The van der Waals surface area contributed by atoms with Crippen molar-refractivity contribution in [1.82, 2.24) is 25.6 Å². The topological polar surface area (TPSA) is 79.8 Å². The fraction of sp³-hybridized carbons (Fsp3) is 0.333. The molecule has 0 spiro atoms. The molecule has 6 nitrogen and oxygen atoms in total. The van der Waals surface area contributed by atoms with Gasteiger partial charge in [0.05, 0.1) is 6.20 Å². The zero-order valence-corrected chi connectivity index (χ0v) is 11.6. The summed E-state index contributed by atoms with van der Waals surface area (Å²) in [5.74, 6) is -0.173. The molecule has 2 rings (SSSR count). The number of likely N-dealkylation sites (N-methyl/N-ethyl adjacent to an activating group) is 1. The quantitative estimate of drug-likeness (QED) is 0.850. The van der Waals surface area contributed by atoms with E-state index in [9.17, 15) is 4.79 Å². The second-order valence-electron chi connectivity index (χ2n) is 4.03. The summed E-state index contributed by atoms with van der Waals surface area (Å²) in [6.45, 7) is 2.56. The van der Waals surface area contributed by atoms with Crippen LogP contribution in [0.1, 0.15) is 17.4 Å². The number of nitrogens with zero attached hydrogens (tertiary/aromatic N) is 3. The van der Waals surface area contributed by atoms with Gasteiger partial charge in [-0.3, -0.25) is 14.8 Å². The van der Waals surface area contributed by atoms with Crippen molar-refractivity contribution in [2.24, 2.45) is 0 Å². The van der Waals surface area contributed by atoms with Crippen LogP contribution in [0, 0.1) is 0 Å². The van der Waals surface area contributed by atoms with E-state index >= 15 is 0 Å². The van der Waals surface area contributed by atoms with Gasteiger partial charge in [-0.1, -0.05) is 0 Å². The van der Waals surface area contributed by atoms with Gasteiger partial charge in [-0.05, 0) is 14.0 Å². The lowest BCUT2D eigenvalue weighted by atomic mass is 10.3. The highest BCUT2D eigenvalue weighted by molar-refractivity contribution is 7.13. The molecular weight excluding hydrogens is 262 g/mol. The highest BCUT2D eigenvalue weighted by Crippen LogP contribution is 2.20. The van der Waals surface area contributed by atoms with E-state index in [4.69, 9.17) is 0 Å². The number of hydrogen-bond acceptors (Lipinski definition) is 6. The molecule has 100 valence electrons. The predicted molar refractivity (Wildman–Crippen MR) is 74.0 cm³/mol. The van der Waals surface area contributed by atoms with Crippen molar-refractivity contribution < 1.29 is 4.79 Å². The highest BCUT2D eigenvalue weighted by Gasteiger charge is 2.12. The highest BCUT2D eigenvalue weighted by atomic mass is 32.1. The molecular formula is C12H15N5OS. The Kier molecular flexibility index (Phi) is 4.53. The minimum Gasteiger partial charge on any atom is -0.349 e. The zero-order valence-electron chi connectivity index (χ0n) is 10.8. The van der Waals surface area contributed by atoms with Crippen molar-refractivity contribution in [2.75, 3.05) is 13.6 Å². The van der Waals surface area contributed by atoms with Gasteiger partial charge in [0.2, 0.25) is 0 Å². The minimum absolute atomic E-state index is 0.173. The van der Waals surface area contributed by atoms with Crippen LogP contribution in [0.5, 0.6) is 0 Å². The van der Waals surface area contributed by atoms with Gasteiger partial charge >= 0.3 is 0 Å². The summed E-state index contributed by atoms with van der Waals surface area (Å²) in [4.78, 5) is 24.3. The first-order valence-electron chi connectivity index (χ1n) is 5.88. The van der Waals surface area contributed by atoms with E-state index in [2.05, 4.69) is 25.6 Å². The summed E-state index contributed by atoms with van der Waals surface area (Å²) in [6, 6.07) is 0.224. The molecule has 7 heteroatoms. The molecule has 0 saturated heterocycles. The Balaban J connectivity index is 2.03. The molecule has 0 saturated carbocycles. The fourth-order valence-electron chi connectivity index (χ4n) is 1.34. The molecule has 0 fully saturated rings. The van der Waals surface area contributed by atoms with Gasteiger partial charge in [-0.15, -0.1) is 11.3 Å². The lowest BCUT2D eigenvalue weighted by Crippen LogP contribution is -2.37. The summed E-state index contributed by atoms with van der Waals surface area (Å²) in [6.07, 6.45) is 4.83. The Morgan fingerprint density at radius 2 is 2.32 bits per heavy atom. The first-order valence-corrected chi connectivity index (χ1v) is 6.76. The third-order valence-electron chi connectivity index (χ3n) is 2.58. The van der Waals surface area contributed by atoms with Crippen molar-refractivity contribution >= 4 is 17.2 Å². The van der Waals surface area contributed by atoms with Crippen LogP contribution in [-0.4, -0.2) is 40.5 Å². The van der Waals surface area contributed by atoms with E-state index in [1.54, 1.807) is 24.0 Å². The normalized spacial score (nSPS) is 12.1. The summed E-state index contributed by atoms with van der Waals surface area (Å²) < 4.78 is 0. The monoisotopic (exact) mass is 277 g/mol. The van der Waals surface area contributed by atoms with Gasteiger partial charge in [0.15, 0.2) is 0 Å². The Hall–Kier alpha value is -1.86. The van der Waals surface area contributed by atoms with Crippen molar-refractivity contribution in [3.05, 3.63) is 29.7 Å². The summed E-state index contributed by atoms with van der Waals surface area (Å²) in [5.41, 5.74) is 1.09. The van der Waals surface area contributed by atoms with Crippen molar-refractivity contribution in [3.8, 4) is 10.7 Å². The van der Waals surface area contributed by atoms with E-state index in [0.717, 1.165) is 0 Å². The molecule has 1 unspecified atom stereocenters. The molecule has 0 aliphatic heterocycles. The van der Waals surface area contributed by atoms with Gasteiger partial charge < -0.3 is 10.6 Å². The van der Waals surface area contributed by atoms with Gasteiger partial charge in [-0.2, -0.15) is 0 Å². The van der Waals surface area contributed by atoms with Crippen LogP contribution < -0.4 is 10.6 Å². The van der Waals surface area contributed by atoms with Crippen LogP contribution in [0.3, 0.4) is 0 Å². The van der Waals surface area contributed by atoms with Crippen LogP contribution in [0.15, 0.2) is 24.0 Å². The van der Waals surface area contributed by atoms with Crippen LogP contribution in [0.2, 0.25) is 0 Å². The van der Waals surface area contributed by atoms with Gasteiger partial charge in [0.1, 0.15) is 16.4 Å². The van der Waals surface area contributed by atoms with Crippen LogP contribution in [0.25, 0.3) is 10.7 Å². The van der Waals surface area contributed by atoms with Crippen molar-refractivity contribution in [3.63, 3.8) is 0 Å². The summed E-state index contributed by atoms with van der Waals surface area (Å²) in [5, 5.41) is 8.29. The average Bonchev–Trinajstić information content (AvgIpc) is 2.95. The predicted octanol–water partition coefficient (Wildman–Crippen LogP) is 0.938. The number of thiazole rings is 1. The smallest absolute Gasteiger partial charge is 0.270 e. The zero-order chi connectivity index (χ0) is 13.7. The standard InChI is InChI=1S/C12H15N5OS/c1-8(13-2)5-16-11(18)10-7-19-12(17-10)9-6-14-3-4-15-9/h3-4,6-8,13H,5H2,1-2H3,(H,16,18). The van der Waals surface area contributed by atoms with E-state index in [1.807, 2.05) is 14.0 Å². The number of nitrogens with one attached hydrogen (secondary N) is 2.